The highest BCUT2D eigenvalue weighted by atomic mass is 16.6. The van der Waals surface area contributed by atoms with Crippen LogP contribution in [0.5, 0.6) is 5.75 Å². The molecule has 0 aliphatic heterocycles. The predicted molar refractivity (Wildman–Crippen MR) is 106 cm³/mol. The molecule has 1 N–H and O–H groups in total. The number of amides is 1. The summed E-state index contributed by atoms with van der Waals surface area (Å²) < 4.78 is 10.7. The summed E-state index contributed by atoms with van der Waals surface area (Å²) in [7, 11) is 1.58. The minimum atomic E-state index is -1.07. The van der Waals surface area contributed by atoms with Crippen LogP contribution in [-0.2, 0) is 11.3 Å². The average molecular weight is 386 g/mol. The maximum atomic E-state index is 12.9. The lowest BCUT2D eigenvalue weighted by Crippen LogP contribution is -2.37. The summed E-state index contributed by atoms with van der Waals surface area (Å²) in [5.74, 6) is -0.106. The van der Waals surface area contributed by atoms with Crippen LogP contribution in [0.1, 0.15) is 48.0 Å². The SMILES string of the molecule is COc1ccc(CN(C(=O)OC(C)(C)C)c2nc(C)cc(C(=O)O)c2C)cc1. The fourth-order valence-corrected chi connectivity index (χ4v) is 2.66. The van der Waals surface area contributed by atoms with Gasteiger partial charge in [0, 0.05) is 11.3 Å². The third-order valence-electron chi connectivity index (χ3n) is 3.97. The van der Waals surface area contributed by atoms with E-state index in [4.69, 9.17) is 9.47 Å². The molecule has 0 unspecified atom stereocenters. The molecule has 0 atom stereocenters. The van der Waals surface area contributed by atoms with Crippen molar-refractivity contribution in [1.82, 2.24) is 4.98 Å². The van der Waals surface area contributed by atoms with E-state index in [9.17, 15) is 14.7 Å². The molecule has 1 amide bonds. The Morgan fingerprint density at radius 2 is 1.75 bits per heavy atom. The van der Waals surface area contributed by atoms with Crippen LogP contribution in [0.4, 0.5) is 10.6 Å². The molecule has 0 radical (unpaired) electrons. The molecule has 1 heterocycles. The molecule has 0 saturated carbocycles. The second kappa shape index (κ2) is 8.29. The van der Waals surface area contributed by atoms with Gasteiger partial charge in [0.15, 0.2) is 0 Å². The van der Waals surface area contributed by atoms with Gasteiger partial charge in [0.05, 0.1) is 19.2 Å². The summed E-state index contributed by atoms with van der Waals surface area (Å²) in [4.78, 5) is 30.3. The first kappa shape index (κ1) is 21.2. The van der Waals surface area contributed by atoms with E-state index in [1.807, 2.05) is 12.1 Å². The van der Waals surface area contributed by atoms with E-state index < -0.39 is 17.7 Å². The van der Waals surface area contributed by atoms with Gasteiger partial charge in [0.25, 0.3) is 0 Å². The number of hydrogen-bond donors (Lipinski definition) is 1. The van der Waals surface area contributed by atoms with Crippen molar-refractivity contribution >= 4 is 17.9 Å². The van der Waals surface area contributed by atoms with Gasteiger partial charge in [-0.05, 0) is 58.4 Å². The van der Waals surface area contributed by atoms with Crippen molar-refractivity contribution in [2.45, 2.75) is 46.8 Å². The average Bonchev–Trinajstić information content (AvgIpc) is 2.60. The van der Waals surface area contributed by atoms with E-state index in [1.54, 1.807) is 53.9 Å². The van der Waals surface area contributed by atoms with Gasteiger partial charge < -0.3 is 14.6 Å². The van der Waals surface area contributed by atoms with Crippen LogP contribution in [0.2, 0.25) is 0 Å². The molecule has 0 aliphatic rings. The minimum Gasteiger partial charge on any atom is -0.497 e. The Balaban J connectivity index is 2.51. The maximum absolute atomic E-state index is 12.9. The quantitative estimate of drug-likeness (QED) is 0.822. The summed E-state index contributed by atoms with van der Waals surface area (Å²) in [6, 6.07) is 8.74. The monoisotopic (exact) mass is 386 g/mol. The number of aryl methyl sites for hydroxylation is 1. The number of aromatic carboxylic acids is 1. The molecule has 0 spiro atoms. The number of ether oxygens (including phenoxy) is 2. The van der Waals surface area contributed by atoms with Gasteiger partial charge in [-0.1, -0.05) is 12.1 Å². The molecule has 28 heavy (non-hydrogen) atoms. The first-order chi connectivity index (χ1) is 13.0. The van der Waals surface area contributed by atoms with E-state index in [2.05, 4.69) is 4.98 Å². The molecule has 1 aromatic carbocycles. The molecule has 7 heteroatoms. The number of hydrogen-bond acceptors (Lipinski definition) is 5. The van der Waals surface area contributed by atoms with E-state index in [0.717, 1.165) is 5.56 Å². The summed E-state index contributed by atoms with van der Waals surface area (Å²) in [6.45, 7) is 8.82. The Hall–Kier alpha value is -3.09. The Kier molecular flexibility index (Phi) is 6.28. The first-order valence-corrected chi connectivity index (χ1v) is 8.87. The molecule has 0 aliphatic carbocycles. The molecule has 1 aromatic heterocycles. The fourth-order valence-electron chi connectivity index (χ4n) is 2.66. The number of carbonyl (C=O) groups is 2. The number of rotatable bonds is 5. The number of anilines is 1. The first-order valence-electron chi connectivity index (χ1n) is 8.87. The Morgan fingerprint density at radius 3 is 2.25 bits per heavy atom. The molecule has 7 nitrogen and oxygen atoms in total. The molecular formula is C21H26N2O5. The van der Waals surface area contributed by atoms with Gasteiger partial charge in [-0.2, -0.15) is 0 Å². The van der Waals surface area contributed by atoms with E-state index in [0.29, 0.717) is 17.0 Å². The minimum absolute atomic E-state index is 0.103. The number of nitrogens with zero attached hydrogens (tertiary/aromatic N) is 2. The van der Waals surface area contributed by atoms with Crippen LogP contribution in [0.25, 0.3) is 0 Å². The Bertz CT molecular complexity index is 870. The molecular weight excluding hydrogens is 360 g/mol. The number of carboxylic acid groups (broad SMARTS) is 1. The van der Waals surface area contributed by atoms with E-state index >= 15 is 0 Å². The molecule has 2 aromatic rings. The molecule has 2 rings (SSSR count). The second-order valence-electron chi connectivity index (χ2n) is 7.48. The van der Waals surface area contributed by atoms with Crippen LogP contribution >= 0.6 is 0 Å². The number of pyridine rings is 1. The van der Waals surface area contributed by atoms with Gasteiger partial charge in [0.1, 0.15) is 17.2 Å². The largest absolute Gasteiger partial charge is 0.497 e. The third-order valence-corrected chi connectivity index (χ3v) is 3.97. The smallest absolute Gasteiger partial charge is 0.416 e. The number of methoxy groups -OCH3 is 1. The standard InChI is InChI=1S/C21H26N2O5/c1-13-11-17(19(24)25)14(2)18(22-13)23(20(26)28-21(3,4)5)12-15-7-9-16(27-6)10-8-15/h7-11H,12H2,1-6H3,(H,24,25). The van der Waals surface area contributed by atoms with Gasteiger partial charge in [-0.15, -0.1) is 0 Å². The summed E-state index contributed by atoms with van der Waals surface area (Å²) in [6.07, 6.45) is -0.596. The van der Waals surface area contributed by atoms with E-state index in [1.165, 1.54) is 11.0 Å². The number of aromatic nitrogens is 1. The normalized spacial score (nSPS) is 11.1. The van der Waals surface area contributed by atoms with Crippen LogP contribution in [0.15, 0.2) is 30.3 Å². The maximum Gasteiger partial charge on any atom is 0.416 e. The highest BCUT2D eigenvalue weighted by molar-refractivity contribution is 5.94. The lowest BCUT2D eigenvalue weighted by atomic mass is 10.1. The molecule has 0 saturated heterocycles. The van der Waals surface area contributed by atoms with Crippen molar-refractivity contribution in [3.63, 3.8) is 0 Å². The Morgan fingerprint density at radius 1 is 1.14 bits per heavy atom. The Labute approximate surface area is 164 Å². The van der Waals surface area contributed by atoms with Crippen LogP contribution in [-0.4, -0.2) is 34.9 Å². The number of carbonyl (C=O) groups excluding carboxylic acids is 1. The van der Waals surface area contributed by atoms with Gasteiger partial charge in [-0.3, -0.25) is 4.90 Å². The van der Waals surface area contributed by atoms with Crippen molar-refractivity contribution in [2.24, 2.45) is 0 Å². The highest BCUT2D eigenvalue weighted by Crippen LogP contribution is 2.26. The lowest BCUT2D eigenvalue weighted by molar-refractivity contribution is 0.0574. The van der Waals surface area contributed by atoms with E-state index in [-0.39, 0.29) is 17.9 Å². The van der Waals surface area contributed by atoms with Crippen molar-refractivity contribution in [3.8, 4) is 5.75 Å². The van der Waals surface area contributed by atoms with Crippen molar-refractivity contribution in [2.75, 3.05) is 12.0 Å². The van der Waals surface area contributed by atoms with Crippen LogP contribution < -0.4 is 9.64 Å². The van der Waals surface area contributed by atoms with Crippen molar-refractivity contribution in [1.29, 1.82) is 0 Å². The fraction of sp³-hybridized carbons (Fsp3) is 0.381. The zero-order chi connectivity index (χ0) is 21.1. The summed E-state index contributed by atoms with van der Waals surface area (Å²) in [5.41, 5.74) is 1.12. The lowest BCUT2D eigenvalue weighted by Gasteiger charge is -2.28. The zero-order valence-electron chi connectivity index (χ0n) is 17.1. The van der Waals surface area contributed by atoms with Gasteiger partial charge in [-0.25, -0.2) is 14.6 Å². The molecule has 0 bridgehead atoms. The van der Waals surface area contributed by atoms with Crippen LogP contribution in [0.3, 0.4) is 0 Å². The van der Waals surface area contributed by atoms with Crippen LogP contribution in [0, 0.1) is 13.8 Å². The molecule has 0 fully saturated rings. The van der Waals surface area contributed by atoms with Gasteiger partial charge in [0.2, 0.25) is 0 Å². The third kappa shape index (κ3) is 5.22. The number of benzene rings is 1. The van der Waals surface area contributed by atoms with Crippen molar-refractivity contribution in [3.05, 3.63) is 52.7 Å². The second-order valence-corrected chi connectivity index (χ2v) is 7.48. The van der Waals surface area contributed by atoms with Gasteiger partial charge >= 0.3 is 12.1 Å². The summed E-state index contributed by atoms with van der Waals surface area (Å²) in [5, 5.41) is 9.49. The van der Waals surface area contributed by atoms with Crippen molar-refractivity contribution < 1.29 is 24.2 Å². The molecule has 150 valence electrons. The summed E-state index contributed by atoms with van der Waals surface area (Å²) >= 11 is 0. The highest BCUT2D eigenvalue weighted by Gasteiger charge is 2.27. The topological polar surface area (TPSA) is 89.0 Å². The zero-order valence-corrected chi connectivity index (χ0v) is 17.1. The predicted octanol–water partition coefficient (Wildman–Crippen LogP) is 4.35. The number of carboxylic acids is 1.